The number of aryl methyl sites for hydroxylation is 1. The van der Waals surface area contributed by atoms with Gasteiger partial charge in [-0.1, -0.05) is 12.1 Å². The first kappa shape index (κ1) is 13.5. The van der Waals surface area contributed by atoms with Crippen LogP contribution in [0.5, 0.6) is 5.75 Å². The number of hydrogen-bond donors (Lipinski definition) is 1. The Hall–Kier alpha value is -1.95. The van der Waals surface area contributed by atoms with Gasteiger partial charge in [-0.2, -0.15) is 5.10 Å². The molecule has 1 aromatic carbocycles. The number of methoxy groups -OCH3 is 1. The van der Waals surface area contributed by atoms with Crippen LogP contribution in [0.4, 0.5) is 8.78 Å². The van der Waals surface area contributed by atoms with Crippen LogP contribution >= 0.6 is 0 Å². The molecule has 0 fully saturated rings. The maximum absolute atomic E-state index is 13.9. The van der Waals surface area contributed by atoms with E-state index in [1.54, 1.807) is 7.05 Å². The third-order valence-electron chi connectivity index (χ3n) is 3.06. The Balaban J connectivity index is 2.65. The molecule has 0 aliphatic carbocycles. The molecule has 0 spiro atoms. The zero-order chi connectivity index (χ0) is 14.2. The molecule has 0 amide bonds. The van der Waals surface area contributed by atoms with Crippen LogP contribution in [0.1, 0.15) is 18.2 Å². The third-order valence-corrected chi connectivity index (χ3v) is 3.06. The highest BCUT2D eigenvalue weighted by Crippen LogP contribution is 2.36. The summed E-state index contributed by atoms with van der Waals surface area (Å²) in [5, 5.41) is 14.5. The van der Waals surface area contributed by atoms with E-state index < -0.39 is 17.2 Å². The van der Waals surface area contributed by atoms with Crippen LogP contribution in [0, 0.1) is 11.6 Å². The van der Waals surface area contributed by atoms with Crippen molar-refractivity contribution in [2.75, 3.05) is 7.11 Å². The van der Waals surface area contributed by atoms with E-state index in [9.17, 15) is 13.9 Å². The van der Waals surface area contributed by atoms with E-state index in [0.29, 0.717) is 5.75 Å². The minimum absolute atomic E-state index is 0.172. The molecule has 0 aliphatic heterocycles. The summed E-state index contributed by atoms with van der Waals surface area (Å²) in [7, 11) is 3.00. The number of benzene rings is 1. The Bertz CT molecular complexity index is 609. The first-order valence-electron chi connectivity index (χ1n) is 5.63. The van der Waals surface area contributed by atoms with Gasteiger partial charge < -0.3 is 9.84 Å². The second-order valence-corrected chi connectivity index (χ2v) is 4.36. The molecular weight excluding hydrogens is 254 g/mol. The lowest BCUT2D eigenvalue weighted by Crippen LogP contribution is -2.28. The fraction of sp³-hybridized carbons (Fsp3) is 0.308. The molecule has 4 nitrogen and oxygen atoms in total. The monoisotopic (exact) mass is 268 g/mol. The Morgan fingerprint density at radius 2 is 2.05 bits per heavy atom. The van der Waals surface area contributed by atoms with Crippen molar-refractivity contribution in [2.45, 2.75) is 12.5 Å². The Morgan fingerprint density at radius 1 is 1.37 bits per heavy atom. The molecule has 1 unspecified atom stereocenters. The van der Waals surface area contributed by atoms with Crippen molar-refractivity contribution in [2.24, 2.45) is 7.05 Å². The smallest absolute Gasteiger partial charge is 0.165 e. The highest BCUT2D eigenvalue weighted by atomic mass is 19.2. The van der Waals surface area contributed by atoms with Crippen molar-refractivity contribution in [3.05, 3.63) is 47.3 Å². The van der Waals surface area contributed by atoms with Crippen molar-refractivity contribution >= 4 is 0 Å². The van der Waals surface area contributed by atoms with Gasteiger partial charge in [0.25, 0.3) is 0 Å². The summed E-state index contributed by atoms with van der Waals surface area (Å²) in [5.41, 5.74) is -1.68. The first-order chi connectivity index (χ1) is 8.89. The van der Waals surface area contributed by atoms with Crippen LogP contribution in [0.2, 0.25) is 0 Å². The summed E-state index contributed by atoms with van der Waals surface area (Å²) < 4.78 is 33.6. The average Bonchev–Trinajstić information content (AvgIpc) is 2.74. The van der Waals surface area contributed by atoms with Gasteiger partial charge in [0.2, 0.25) is 0 Å². The fourth-order valence-electron chi connectivity index (χ4n) is 2.13. The second kappa shape index (κ2) is 4.62. The number of aliphatic hydroxyl groups is 1. The van der Waals surface area contributed by atoms with Gasteiger partial charge in [-0.3, -0.25) is 4.68 Å². The summed E-state index contributed by atoms with van der Waals surface area (Å²) in [6, 6.07) is 3.66. The normalized spacial score (nSPS) is 14.2. The lowest BCUT2D eigenvalue weighted by Gasteiger charge is -2.25. The Morgan fingerprint density at radius 3 is 2.68 bits per heavy atom. The van der Waals surface area contributed by atoms with Crippen LogP contribution in [0.3, 0.4) is 0 Å². The van der Waals surface area contributed by atoms with E-state index in [1.165, 1.54) is 37.0 Å². The predicted molar refractivity (Wildman–Crippen MR) is 64.8 cm³/mol. The zero-order valence-corrected chi connectivity index (χ0v) is 10.8. The molecule has 0 aliphatic rings. The summed E-state index contributed by atoms with van der Waals surface area (Å²) in [6.07, 6.45) is 1.40. The van der Waals surface area contributed by atoms with E-state index in [-0.39, 0.29) is 11.3 Å². The standard InChI is InChI=1S/C13H14F2N2O2/c1-13(18,8-5-4-6-9(14)11(8)15)12-10(19-3)7-16-17(12)2/h4-7,18H,1-3H3. The van der Waals surface area contributed by atoms with Gasteiger partial charge in [-0.25, -0.2) is 8.78 Å². The lowest BCUT2D eigenvalue weighted by atomic mass is 9.91. The van der Waals surface area contributed by atoms with Crippen LogP contribution < -0.4 is 4.74 Å². The number of nitrogens with zero attached hydrogens (tertiary/aromatic N) is 2. The van der Waals surface area contributed by atoms with Crippen LogP contribution in [0.15, 0.2) is 24.4 Å². The largest absolute Gasteiger partial charge is 0.493 e. The molecular formula is C13H14F2N2O2. The van der Waals surface area contributed by atoms with Gasteiger partial charge in [-0.15, -0.1) is 0 Å². The molecule has 1 atom stereocenters. The van der Waals surface area contributed by atoms with Gasteiger partial charge >= 0.3 is 0 Å². The van der Waals surface area contributed by atoms with Gasteiger partial charge in [0.1, 0.15) is 11.3 Å². The molecule has 0 saturated carbocycles. The molecule has 0 radical (unpaired) electrons. The fourth-order valence-corrected chi connectivity index (χ4v) is 2.13. The highest BCUT2D eigenvalue weighted by molar-refractivity contribution is 5.40. The van der Waals surface area contributed by atoms with Gasteiger partial charge in [0, 0.05) is 12.6 Å². The quantitative estimate of drug-likeness (QED) is 0.925. The molecule has 1 heterocycles. The summed E-state index contributed by atoms with van der Waals surface area (Å²) in [5.74, 6) is -1.80. The van der Waals surface area contributed by atoms with Crippen LogP contribution in [-0.4, -0.2) is 22.0 Å². The molecule has 19 heavy (non-hydrogen) atoms. The summed E-state index contributed by atoms with van der Waals surface area (Å²) in [6.45, 7) is 1.37. The number of rotatable bonds is 3. The molecule has 2 rings (SSSR count). The first-order valence-corrected chi connectivity index (χ1v) is 5.63. The number of halogens is 2. The van der Waals surface area contributed by atoms with Crippen molar-refractivity contribution in [3.8, 4) is 5.75 Å². The van der Waals surface area contributed by atoms with Crippen LogP contribution in [0.25, 0.3) is 0 Å². The summed E-state index contributed by atoms with van der Waals surface area (Å²) >= 11 is 0. The SMILES string of the molecule is COc1cnn(C)c1C(C)(O)c1cccc(F)c1F. The van der Waals surface area contributed by atoms with Crippen molar-refractivity contribution in [3.63, 3.8) is 0 Å². The van der Waals surface area contributed by atoms with Crippen LogP contribution in [-0.2, 0) is 12.6 Å². The van der Waals surface area contributed by atoms with E-state index in [4.69, 9.17) is 4.74 Å². The van der Waals surface area contributed by atoms with Crippen molar-refractivity contribution in [1.82, 2.24) is 9.78 Å². The summed E-state index contributed by atoms with van der Waals surface area (Å²) in [4.78, 5) is 0. The molecule has 1 N–H and O–H groups in total. The van der Waals surface area contributed by atoms with E-state index in [1.807, 2.05) is 0 Å². The topological polar surface area (TPSA) is 47.3 Å². The second-order valence-electron chi connectivity index (χ2n) is 4.36. The zero-order valence-electron chi connectivity index (χ0n) is 10.8. The molecule has 2 aromatic rings. The van der Waals surface area contributed by atoms with Crippen molar-refractivity contribution < 1.29 is 18.6 Å². The molecule has 6 heteroatoms. The average molecular weight is 268 g/mol. The van der Waals surface area contributed by atoms with E-state index in [0.717, 1.165) is 6.07 Å². The van der Waals surface area contributed by atoms with E-state index in [2.05, 4.69) is 5.10 Å². The maximum Gasteiger partial charge on any atom is 0.165 e. The van der Waals surface area contributed by atoms with E-state index >= 15 is 0 Å². The number of ether oxygens (including phenoxy) is 1. The van der Waals surface area contributed by atoms with Crippen molar-refractivity contribution in [1.29, 1.82) is 0 Å². The highest BCUT2D eigenvalue weighted by Gasteiger charge is 2.35. The molecule has 102 valence electrons. The Kier molecular flexibility index (Phi) is 3.28. The molecule has 0 bridgehead atoms. The van der Waals surface area contributed by atoms with Gasteiger partial charge in [0.15, 0.2) is 17.4 Å². The minimum Gasteiger partial charge on any atom is -0.493 e. The number of hydrogen-bond acceptors (Lipinski definition) is 3. The number of aromatic nitrogens is 2. The minimum atomic E-state index is -1.76. The third kappa shape index (κ3) is 2.08. The Labute approximate surface area is 109 Å². The van der Waals surface area contributed by atoms with Gasteiger partial charge in [0.05, 0.1) is 13.3 Å². The maximum atomic E-state index is 13.9. The molecule has 0 saturated heterocycles. The molecule has 1 aromatic heterocycles. The predicted octanol–water partition coefficient (Wildman–Crippen LogP) is 1.96. The lowest BCUT2D eigenvalue weighted by molar-refractivity contribution is 0.0848. The van der Waals surface area contributed by atoms with Gasteiger partial charge in [-0.05, 0) is 13.0 Å².